The van der Waals surface area contributed by atoms with Crippen LogP contribution in [0.3, 0.4) is 0 Å². The van der Waals surface area contributed by atoms with Crippen molar-refractivity contribution in [1.82, 2.24) is 9.21 Å². The highest BCUT2D eigenvalue weighted by Crippen LogP contribution is 2.33. The van der Waals surface area contributed by atoms with Crippen LogP contribution in [-0.2, 0) is 19.6 Å². The van der Waals surface area contributed by atoms with E-state index in [1.54, 1.807) is 28.4 Å². The average Bonchev–Trinajstić information content (AvgIpc) is 3.30. The third-order valence-electron chi connectivity index (χ3n) is 5.26. The van der Waals surface area contributed by atoms with E-state index in [4.69, 9.17) is 4.74 Å². The lowest BCUT2D eigenvalue weighted by Crippen LogP contribution is -2.50. The minimum absolute atomic E-state index is 0.0856. The Bertz CT molecular complexity index is 1100. The number of nitrogens with zero attached hydrogens (tertiary/aromatic N) is 2. The molecule has 2 aliphatic rings. The van der Waals surface area contributed by atoms with E-state index in [1.807, 2.05) is 24.4 Å². The summed E-state index contributed by atoms with van der Waals surface area (Å²) in [5.74, 6) is 0.0372. The molecule has 1 aromatic heterocycles. The summed E-state index contributed by atoms with van der Waals surface area (Å²) in [5, 5.41) is 4.66. The molecule has 2 amide bonds. The van der Waals surface area contributed by atoms with Crippen molar-refractivity contribution in [2.24, 2.45) is 0 Å². The second kappa shape index (κ2) is 8.81. The van der Waals surface area contributed by atoms with Gasteiger partial charge in [-0.2, -0.15) is 4.31 Å². The number of ether oxygens (including phenoxy) is 1. The molecular formula is C21H23N3O5S2. The van der Waals surface area contributed by atoms with Gasteiger partial charge in [0.25, 0.3) is 5.91 Å². The summed E-state index contributed by atoms with van der Waals surface area (Å²) < 4.78 is 33.2. The summed E-state index contributed by atoms with van der Waals surface area (Å²) in [6.45, 7) is 2.89. The average molecular weight is 462 g/mol. The topological polar surface area (TPSA) is 96.0 Å². The molecule has 31 heavy (non-hydrogen) atoms. The second-order valence-electron chi connectivity index (χ2n) is 7.24. The van der Waals surface area contributed by atoms with E-state index in [0.29, 0.717) is 30.9 Å². The summed E-state index contributed by atoms with van der Waals surface area (Å²) >= 11 is 1.54. The van der Waals surface area contributed by atoms with Crippen molar-refractivity contribution in [3.05, 3.63) is 46.7 Å². The largest absolute Gasteiger partial charge is 0.478 e. The number of rotatable bonds is 5. The molecule has 1 saturated heterocycles. The second-order valence-corrected chi connectivity index (χ2v) is 10.2. The fraction of sp³-hybridized carbons (Fsp3) is 0.333. The van der Waals surface area contributed by atoms with Crippen LogP contribution in [0.25, 0.3) is 6.08 Å². The number of hydrogen-bond donors (Lipinski definition) is 1. The first-order chi connectivity index (χ1) is 14.9. The van der Waals surface area contributed by atoms with E-state index in [9.17, 15) is 18.0 Å². The van der Waals surface area contributed by atoms with Crippen LogP contribution in [0, 0.1) is 0 Å². The predicted octanol–water partition coefficient (Wildman–Crippen LogP) is 2.40. The van der Waals surface area contributed by atoms with Crippen molar-refractivity contribution in [2.75, 3.05) is 31.5 Å². The fourth-order valence-electron chi connectivity index (χ4n) is 3.50. The number of benzene rings is 1. The van der Waals surface area contributed by atoms with Gasteiger partial charge in [-0.15, -0.1) is 11.3 Å². The quantitative estimate of drug-likeness (QED) is 0.690. The molecule has 2 aliphatic heterocycles. The lowest BCUT2D eigenvalue weighted by molar-refractivity contribution is -0.127. The molecule has 1 fully saturated rings. The Labute approximate surface area is 185 Å². The molecule has 0 radical (unpaired) electrons. The first-order valence-corrected chi connectivity index (χ1v) is 12.3. The standard InChI is InChI=1S/C21H23N3O5S2/c1-2-18-21(26)22-17-14-16(6-7-19(17)29-18)31(27,28)24-11-9-23(10-12-24)20(25)8-5-15-4-3-13-30-15/h3-8,13-14,18H,2,9-12H2,1H3,(H,22,26). The number of piperazine rings is 1. The molecule has 8 nitrogen and oxygen atoms in total. The van der Waals surface area contributed by atoms with Gasteiger partial charge in [-0.25, -0.2) is 8.42 Å². The van der Waals surface area contributed by atoms with Crippen LogP contribution < -0.4 is 10.1 Å². The number of fused-ring (bicyclic) bond motifs is 1. The summed E-state index contributed by atoms with van der Waals surface area (Å²) in [6.07, 6.45) is 3.24. The summed E-state index contributed by atoms with van der Waals surface area (Å²) in [4.78, 5) is 27.1. The van der Waals surface area contributed by atoms with Gasteiger partial charge in [-0.3, -0.25) is 9.59 Å². The minimum Gasteiger partial charge on any atom is -0.478 e. The van der Waals surface area contributed by atoms with Crippen molar-refractivity contribution in [2.45, 2.75) is 24.3 Å². The van der Waals surface area contributed by atoms with E-state index in [1.165, 1.54) is 22.5 Å². The van der Waals surface area contributed by atoms with Gasteiger partial charge in [0.05, 0.1) is 10.6 Å². The van der Waals surface area contributed by atoms with Crippen LogP contribution in [0.1, 0.15) is 18.2 Å². The van der Waals surface area contributed by atoms with Gasteiger partial charge in [0.2, 0.25) is 15.9 Å². The van der Waals surface area contributed by atoms with Crippen molar-refractivity contribution in [1.29, 1.82) is 0 Å². The van der Waals surface area contributed by atoms with E-state index >= 15 is 0 Å². The Kier molecular flexibility index (Phi) is 6.12. The van der Waals surface area contributed by atoms with Crippen LogP contribution in [0.4, 0.5) is 5.69 Å². The smallest absolute Gasteiger partial charge is 0.265 e. The summed E-state index contributed by atoms with van der Waals surface area (Å²) in [7, 11) is -3.76. The number of carbonyl (C=O) groups is 2. The Hall–Kier alpha value is -2.69. The Morgan fingerprint density at radius 1 is 1.26 bits per heavy atom. The summed E-state index contributed by atoms with van der Waals surface area (Å²) in [5.41, 5.74) is 0.350. The van der Waals surface area contributed by atoms with Crippen LogP contribution in [0.15, 0.2) is 46.7 Å². The molecule has 0 bridgehead atoms. The number of nitrogens with one attached hydrogen (secondary N) is 1. The van der Waals surface area contributed by atoms with Crippen LogP contribution in [0.5, 0.6) is 5.75 Å². The maximum absolute atomic E-state index is 13.1. The van der Waals surface area contributed by atoms with Gasteiger partial charge in [0, 0.05) is 37.1 Å². The van der Waals surface area contributed by atoms with Gasteiger partial charge >= 0.3 is 0 Å². The monoisotopic (exact) mass is 461 g/mol. The predicted molar refractivity (Wildman–Crippen MR) is 118 cm³/mol. The van der Waals surface area contributed by atoms with E-state index < -0.39 is 16.1 Å². The third kappa shape index (κ3) is 4.51. The number of sulfonamides is 1. The number of amides is 2. The molecule has 4 rings (SSSR count). The van der Waals surface area contributed by atoms with Crippen molar-refractivity contribution in [3.63, 3.8) is 0 Å². The molecule has 1 N–H and O–H groups in total. The molecule has 2 aromatic rings. The van der Waals surface area contributed by atoms with Crippen molar-refractivity contribution in [3.8, 4) is 5.75 Å². The van der Waals surface area contributed by atoms with Crippen molar-refractivity contribution >= 4 is 44.9 Å². The maximum Gasteiger partial charge on any atom is 0.265 e. The van der Waals surface area contributed by atoms with E-state index in [2.05, 4.69) is 5.32 Å². The lowest BCUT2D eigenvalue weighted by atomic mass is 10.2. The van der Waals surface area contributed by atoms with Gasteiger partial charge in [0.15, 0.2) is 6.10 Å². The first kappa shape index (κ1) is 21.5. The Morgan fingerprint density at radius 3 is 2.71 bits per heavy atom. The van der Waals surface area contributed by atoms with Gasteiger partial charge in [-0.1, -0.05) is 13.0 Å². The molecule has 164 valence electrons. The highest BCUT2D eigenvalue weighted by molar-refractivity contribution is 7.89. The zero-order chi connectivity index (χ0) is 22.0. The normalized spacial score (nSPS) is 19.7. The number of hydrogen-bond acceptors (Lipinski definition) is 6. The zero-order valence-corrected chi connectivity index (χ0v) is 18.6. The Morgan fingerprint density at radius 2 is 2.03 bits per heavy atom. The number of carbonyl (C=O) groups excluding carboxylic acids is 2. The molecule has 10 heteroatoms. The highest BCUT2D eigenvalue weighted by Gasteiger charge is 2.32. The molecule has 0 spiro atoms. The number of thiophene rings is 1. The molecule has 1 atom stereocenters. The highest BCUT2D eigenvalue weighted by atomic mass is 32.2. The minimum atomic E-state index is -3.76. The van der Waals surface area contributed by atoms with Crippen LogP contribution in [-0.4, -0.2) is 61.7 Å². The van der Waals surface area contributed by atoms with Gasteiger partial charge in [0.1, 0.15) is 5.75 Å². The molecule has 0 saturated carbocycles. The molecular weight excluding hydrogens is 438 g/mol. The summed E-state index contributed by atoms with van der Waals surface area (Å²) in [6, 6.07) is 8.32. The Balaban J connectivity index is 1.42. The van der Waals surface area contributed by atoms with Gasteiger partial charge in [-0.05, 0) is 42.1 Å². The molecule has 1 aromatic carbocycles. The maximum atomic E-state index is 13.1. The lowest BCUT2D eigenvalue weighted by Gasteiger charge is -2.33. The molecule has 3 heterocycles. The first-order valence-electron chi connectivity index (χ1n) is 10.0. The fourth-order valence-corrected chi connectivity index (χ4v) is 5.57. The zero-order valence-electron chi connectivity index (χ0n) is 17.0. The van der Waals surface area contributed by atoms with Gasteiger partial charge < -0.3 is 15.0 Å². The van der Waals surface area contributed by atoms with Crippen molar-refractivity contribution < 1.29 is 22.7 Å². The number of anilines is 1. The van der Waals surface area contributed by atoms with E-state index in [0.717, 1.165) is 4.88 Å². The molecule has 1 unspecified atom stereocenters. The van der Waals surface area contributed by atoms with Crippen LogP contribution in [0.2, 0.25) is 0 Å². The van der Waals surface area contributed by atoms with Crippen LogP contribution >= 0.6 is 11.3 Å². The van der Waals surface area contributed by atoms with E-state index in [-0.39, 0.29) is 29.8 Å². The SMILES string of the molecule is CCC1Oc2ccc(S(=O)(=O)N3CCN(C(=O)C=Cc4cccs4)CC3)cc2NC1=O. The third-order valence-corrected chi connectivity index (χ3v) is 7.99. The molecule has 0 aliphatic carbocycles.